The van der Waals surface area contributed by atoms with Crippen molar-refractivity contribution in [3.8, 4) is 24.2 Å². The Kier molecular flexibility index (Phi) is 6.60. The molecule has 0 saturated carbocycles. The first-order valence-electron chi connectivity index (χ1n) is 7.81. The molecule has 1 N–H and O–H groups in total. The van der Waals surface area contributed by atoms with E-state index < -0.39 is 5.91 Å². The van der Waals surface area contributed by atoms with Crippen molar-refractivity contribution in [2.45, 2.75) is 13.8 Å². The highest BCUT2D eigenvalue weighted by Crippen LogP contribution is 2.26. The number of rotatable bonds is 5. The van der Waals surface area contributed by atoms with Crippen LogP contribution in [0.4, 0.5) is 5.69 Å². The number of nitrogens with zero attached hydrogens (tertiary/aromatic N) is 1. The summed E-state index contributed by atoms with van der Waals surface area (Å²) in [6, 6.07) is 13.0. The van der Waals surface area contributed by atoms with E-state index in [0.29, 0.717) is 17.0 Å². The van der Waals surface area contributed by atoms with E-state index in [1.54, 1.807) is 18.2 Å². The van der Waals surface area contributed by atoms with E-state index in [1.807, 2.05) is 38.1 Å². The molecular formula is C21H17BrN2O2. The topological polar surface area (TPSA) is 62.1 Å². The molecule has 26 heavy (non-hydrogen) atoms. The van der Waals surface area contributed by atoms with E-state index in [-0.39, 0.29) is 12.2 Å². The number of ether oxygens (including phenoxy) is 1. The SMILES string of the molecule is C#CCOc1ccc(Br)cc1/C=C(\C#N)C(=O)Nc1c(C)cccc1C. The van der Waals surface area contributed by atoms with E-state index in [2.05, 4.69) is 27.2 Å². The number of amides is 1. The van der Waals surface area contributed by atoms with Gasteiger partial charge in [0.15, 0.2) is 0 Å². The first kappa shape index (κ1) is 19.3. The van der Waals surface area contributed by atoms with E-state index in [1.165, 1.54) is 6.08 Å². The summed E-state index contributed by atoms with van der Waals surface area (Å²) in [5.41, 5.74) is 3.11. The van der Waals surface area contributed by atoms with Crippen molar-refractivity contribution in [3.63, 3.8) is 0 Å². The molecule has 0 unspecified atom stereocenters. The summed E-state index contributed by atoms with van der Waals surface area (Å²) in [7, 11) is 0. The molecule has 1 amide bonds. The quantitative estimate of drug-likeness (QED) is 0.445. The minimum Gasteiger partial charge on any atom is -0.480 e. The molecule has 0 aliphatic carbocycles. The van der Waals surface area contributed by atoms with Crippen molar-refractivity contribution in [2.24, 2.45) is 0 Å². The van der Waals surface area contributed by atoms with Crippen LogP contribution in [0, 0.1) is 37.5 Å². The molecule has 4 nitrogen and oxygen atoms in total. The molecule has 0 radical (unpaired) electrons. The summed E-state index contributed by atoms with van der Waals surface area (Å²) in [5.74, 6) is 2.41. The van der Waals surface area contributed by atoms with Crippen molar-refractivity contribution in [1.82, 2.24) is 0 Å². The van der Waals surface area contributed by atoms with Gasteiger partial charge in [0, 0.05) is 15.7 Å². The van der Waals surface area contributed by atoms with Gasteiger partial charge >= 0.3 is 0 Å². The van der Waals surface area contributed by atoms with Gasteiger partial charge in [-0.15, -0.1) is 6.42 Å². The zero-order valence-corrected chi connectivity index (χ0v) is 16.1. The molecule has 0 aliphatic rings. The Balaban J connectivity index is 2.36. The molecule has 130 valence electrons. The number of aryl methyl sites for hydroxylation is 2. The predicted octanol–water partition coefficient (Wildman–Crippen LogP) is 4.62. The second-order valence-corrected chi connectivity index (χ2v) is 6.48. The monoisotopic (exact) mass is 408 g/mol. The largest absolute Gasteiger partial charge is 0.480 e. The summed E-state index contributed by atoms with van der Waals surface area (Å²) in [5, 5.41) is 12.3. The van der Waals surface area contributed by atoms with Crippen LogP contribution in [0.5, 0.6) is 5.75 Å². The zero-order valence-electron chi connectivity index (χ0n) is 14.5. The van der Waals surface area contributed by atoms with Crippen LogP contribution in [0.2, 0.25) is 0 Å². The lowest BCUT2D eigenvalue weighted by atomic mass is 10.1. The first-order valence-corrected chi connectivity index (χ1v) is 8.60. The van der Waals surface area contributed by atoms with Crippen LogP contribution in [0.1, 0.15) is 16.7 Å². The maximum Gasteiger partial charge on any atom is 0.266 e. The normalized spacial score (nSPS) is 10.6. The highest BCUT2D eigenvalue weighted by atomic mass is 79.9. The van der Waals surface area contributed by atoms with Crippen molar-refractivity contribution in [3.05, 3.63) is 63.1 Å². The Morgan fingerprint density at radius 1 is 1.31 bits per heavy atom. The lowest BCUT2D eigenvalue weighted by Crippen LogP contribution is -2.15. The van der Waals surface area contributed by atoms with Gasteiger partial charge in [-0.05, 0) is 49.2 Å². The number of hydrogen-bond acceptors (Lipinski definition) is 3. The van der Waals surface area contributed by atoms with Gasteiger partial charge in [-0.2, -0.15) is 5.26 Å². The highest BCUT2D eigenvalue weighted by molar-refractivity contribution is 9.10. The lowest BCUT2D eigenvalue weighted by Gasteiger charge is -2.11. The summed E-state index contributed by atoms with van der Waals surface area (Å²) < 4.78 is 6.28. The minimum absolute atomic E-state index is 0.0312. The van der Waals surface area contributed by atoms with Gasteiger partial charge in [0.05, 0.1) is 0 Å². The molecule has 2 rings (SSSR count). The number of nitrogens with one attached hydrogen (secondary N) is 1. The summed E-state index contributed by atoms with van der Waals surface area (Å²) in [4.78, 5) is 12.6. The van der Waals surface area contributed by atoms with Crippen LogP contribution in [0.3, 0.4) is 0 Å². The number of benzene rings is 2. The minimum atomic E-state index is -0.479. The number of terminal acetylenes is 1. The van der Waals surface area contributed by atoms with Crippen LogP contribution < -0.4 is 10.1 Å². The molecule has 0 saturated heterocycles. The van der Waals surface area contributed by atoms with E-state index in [9.17, 15) is 10.1 Å². The zero-order chi connectivity index (χ0) is 19.1. The second-order valence-electron chi connectivity index (χ2n) is 5.57. The third kappa shape index (κ3) is 4.75. The molecule has 2 aromatic carbocycles. The molecule has 0 heterocycles. The van der Waals surface area contributed by atoms with Crippen molar-refractivity contribution in [1.29, 1.82) is 5.26 Å². The van der Waals surface area contributed by atoms with E-state index in [0.717, 1.165) is 15.6 Å². The molecule has 5 heteroatoms. The van der Waals surface area contributed by atoms with Crippen LogP contribution in [-0.2, 0) is 4.79 Å². The Morgan fingerprint density at radius 3 is 2.62 bits per heavy atom. The van der Waals surface area contributed by atoms with Crippen LogP contribution in [-0.4, -0.2) is 12.5 Å². The number of hydrogen-bond donors (Lipinski definition) is 1. The molecule has 0 aromatic heterocycles. The highest BCUT2D eigenvalue weighted by Gasteiger charge is 2.14. The molecule has 0 fully saturated rings. The maximum atomic E-state index is 12.6. The number of carbonyl (C=O) groups is 1. The van der Waals surface area contributed by atoms with Crippen LogP contribution in [0.15, 0.2) is 46.4 Å². The average molecular weight is 409 g/mol. The molecule has 0 aliphatic heterocycles. The number of carbonyl (C=O) groups excluding carboxylic acids is 1. The fraction of sp³-hybridized carbons (Fsp3) is 0.143. The van der Waals surface area contributed by atoms with Gasteiger partial charge in [-0.3, -0.25) is 4.79 Å². The van der Waals surface area contributed by atoms with E-state index >= 15 is 0 Å². The van der Waals surface area contributed by atoms with Gasteiger partial charge in [-0.25, -0.2) is 0 Å². The Labute approximate surface area is 161 Å². The standard InChI is InChI=1S/C21H17BrN2O2/c1-4-10-26-19-9-8-18(22)12-16(19)11-17(13-23)21(25)24-20-14(2)6-5-7-15(20)3/h1,5-9,11-12H,10H2,2-3H3,(H,24,25)/b17-11+. The third-order valence-electron chi connectivity index (χ3n) is 3.67. The Morgan fingerprint density at radius 2 is 2.00 bits per heavy atom. The first-order chi connectivity index (χ1) is 12.5. The van der Waals surface area contributed by atoms with Crippen molar-refractivity contribution in [2.75, 3.05) is 11.9 Å². The summed E-state index contributed by atoms with van der Waals surface area (Å²) >= 11 is 3.38. The molecule has 0 bridgehead atoms. The van der Waals surface area contributed by atoms with E-state index in [4.69, 9.17) is 11.2 Å². The number of anilines is 1. The third-order valence-corrected chi connectivity index (χ3v) is 4.16. The Bertz CT molecular complexity index is 929. The molecular weight excluding hydrogens is 392 g/mol. The predicted molar refractivity (Wildman–Crippen MR) is 107 cm³/mol. The van der Waals surface area contributed by atoms with Gasteiger partial charge < -0.3 is 10.1 Å². The molecule has 2 aromatic rings. The molecule has 0 atom stereocenters. The molecule has 0 spiro atoms. The fourth-order valence-corrected chi connectivity index (χ4v) is 2.76. The maximum absolute atomic E-state index is 12.6. The van der Waals surface area contributed by atoms with Gasteiger partial charge in [0.25, 0.3) is 5.91 Å². The number of para-hydroxylation sites is 1. The fourth-order valence-electron chi connectivity index (χ4n) is 2.38. The second kappa shape index (κ2) is 8.89. The Hall–Kier alpha value is -3.02. The summed E-state index contributed by atoms with van der Waals surface area (Å²) in [6.45, 7) is 3.90. The van der Waals surface area contributed by atoms with Gasteiger partial charge in [0.1, 0.15) is 24.0 Å². The number of halogens is 1. The lowest BCUT2D eigenvalue weighted by molar-refractivity contribution is -0.112. The van der Waals surface area contributed by atoms with Crippen molar-refractivity contribution >= 4 is 33.6 Å². The van der Waals surface area contributed by atoms with Crippen LogP contribution in [0.25, 0.3) is 6.08 Å². The van der Waals surface area contributed by atoms with Gasteiger partial charge in [-0.1, -0.05) is 40.0 Å². The summed E-state index contributed by atoms with van der Waals surface area (Å²) in [6.07, 6.45) is 6.72. The average Bonchev–Trinajstić information content (AvgIpc) is 2.62. The number of nitriles is 1. The van der Waals surface area contributed by atoms with Crippen molar-refractivity contribution < 1.29 is 9.53 Å². The van der Waals surface area contributed by atoms with Gasteiger partial charge in [0.2, 0.25) is 0 Å². The smallest absolute Gasteiger partial charge is 0.266 e. The van der Waals surface area contributed by atoms with Crippen LogP contribution >= 0.6 is 15.9 Å².